The Hall–Kier alpha value is -3.27. The summed E-state index contributed by atoms with van der Waals surface area (Å²) < 4.78 is 0. The van der Waals surface area contributed by atoms with Crippen LogP contribution < -0.4 is 10.2 Å². The maximum absolute atomic E-state index is 9.23. The molecule has 1 saturated heterocycles. The molecule has 0 aliphatic carbocycles. The van der Waals surface area contributed by atoms with E-state index in [4.69, 9.17) is 9.97 Å². The third kappa shape index (κ3) is 5.61. The van der Waals surface area contributed by atoms with Crippen molar-refractivity contribution in [3.05, 3.63) is 72.3 Å². The fraction of sp³-hybridized carbons (Fsp3) is 0.280. The molecule has 3 heterocycles. The predicted molar refractivity (Wildman–Crippen MR) is 136 cm³/mol. The van der Waals surface area contributed by atoms with Gasteiger partial charge < -0.3 is 15.3 Å². The van der Waals surface area contributed by atoms with Crippen LogP contribution in [0.5, 0.6) is 0 Å². The fourth-order valence-corrected chi connectivity index (χ4v) is 4.70. The van der Waals surface area contributed by atoms with Crippen molar-refractivity contribution in [2.24, 2.45) is 4.99 Å². The van der Waals surface area contributed by atoms with Crippen LogP contribution in [-0.2, 0) is 0 Å². The first-order valence-electron chi connectivity index (χ1n) is 11.4. The number of nitrogens with one attached hydrogen (secondary N) is 1. The third-order valence-electron chi connectivity index (χ3n) is 5.74. The molecule has 0 spiro atoms. The number of aliphatic hydroxyl groups is 1. The first-order valence-corrected chi connectivity index (χ1v) is 12.2. The second-order valence-electron chi connectivity index (χ2n) is 8.07. The highest BCUT2D eigenvalue weighted by atomic mass is 32.2. The summed E-state index contributed by atoms with van der Waals surface area (Å²) in [4.78, 5) is 24.3. The Balaban J connectivity index is 1.37. The van der Waals surface area contributed by atoms with Gasteiger partial charge in [-0.1, -0.05) is 48.5 Å². The van der Waals surface area contributed by atoms with Gasteiger partial charge in [-0.3, -0.25) is 9.89 Å². The Morgan fingerprint density at radius 3 is 2.35 bits per heavy atom. The number of nitrogens with zero attached hydrogens (tertiary/aromatic N) is 6. The minimum Gasteiger partial charge on any atom is -0.395 e. The minimum absolute atomic E-state index is 0.179. The van der Waals surface area contributed by atoms with E-state index < -0.39 is 0 Å². The maximum atomic E-state index is 9.23. The van der Waals surface area contributed by atoms with Gasteiger partial charge in [-0.2, -0.15) is 15.0 Å². The topological polar surface area (TPSA) is 89.8 Å². The molecule has 34 heavy (non-hydrogen) atoms. The van der Waals surface area contributed by atoms with E-state index in [0.717, 1.165) is 42.5 Å². The maximum Gasteiger partial charge on any atom is 0.234 e. The number of amidine groups is 1. The number of β-amino-alcohol motifs (C(OH)–C–C–N with tert-alkyl or cyclic N) is 1. The Kier molecular flexibility index (Phi) is 7.13. The molecule has 0 saturated carbocycles. The molecule has 0 atom stereocenters. The molecule has 0 radical (unpaired) electrons. The number of aliphatic hydroxyl groups excluding tert-OH is 1. The zero-order valence-corrected chi connectivity index (χ0v) is 19.7. The number of aliphatic imine (C=N–C) groups is 1. The van der Waals surface area contributed by atoms with Gasteiger partial charge in [0.2, 0.25) is 11.9 Å². The standard InChI is InChI=1S/C25H27N7OS/c33-16-15-31-11-13-32(14-12-31)24-28-23(29-25(30-24)34-21-9-5-2-6-10-21)27-22-17-20(18-26-22)19-7-3-1-4-8-19/h1-10,17,33H,11-16,18H2,(H,26,27,28,29,30). The monoisotopic (exact) mass is 473 g/mol. The van der Waals surface area contributed by atoms with Gasteiger partial charge in [0, 0.05) is 37.6 Å². The molecule has 2 aromatic carbocycles. The van der Waals surface area contributed by atoms with Crippen molar-refractivity contribution in [1.82, 2.24) is 19.9 Å². The number of hydrogen-bond acceptors (Lipinski definition) is 9. The van der Waals surface area contributed by atoms with Crippen molar-refractivity contribution >= 4 is 35.1 Å². The molecule has 174 valence electrons. The summed E-state index contributed by atoms with van der Waals surface area (Å²) in [6.07, 6.45) is 2.05. The normalized spacial score (nSPS) is 16.3. The van der Waals surface area contributed by atoms with Crippen molar-refractivity contribution < 1.29 is 5.11 Å². The zero-order valence-electron chi connectivity index (χ0n) is 18.8. The smallest absolute Gasteiger partial charge is 0.234 e. The van der Waals surface area contributed by atoms with E-state index in [-0.39, 0.29) is 6.61 Å². The van der Waals surface area contributed by atoms with E-state index in [9.17, 15) is 5.11 Å². The van der Waals surface area contributed by atoms with Crippen molar-refractivity contribution in [3.63, 3.8) is 0 Å². The summed E-state index contributed by atoms with van der Waals surface area (Å²) in [6, 6.07) is 20.4. The first kappa shape index (κ1) is 22.5. The lowest BCUT2D eigenvalue weighted by molar-refractivity contribution is 0.188. The third-order valence-corrected chi connectivity index (χ3v) is 6.61. The second kappa shape index (κ2) is 10.8. The highest BCUT2D eigenvalue weighted by Crippen LogP contribution is 2.27. The van der Waals surface area contributed by atoms with E-state index in [1.165, 1.54) is 17.3 Å². The molecule has 1 aromatic heterocycles. The number of rotatable bonds is 7. The van der Waals surface area contributed by atoms with Gasteiger partial charge in [-0.05, 0) is 41.1 Å². The van der Waals surface area contributed by atoms with Gasteiger partial charge in [0.1, 0.15) is 5.84 Å². The van der Waals surface area contributed by atoms with Crippen LogP contribution in [0, 0.1) is 0 Å². The summed E-state index contributed by atoms with van der Waals surface area (Å²) in [5.41, 5.74) is 2.33. The van der Waals surface area contributed by atoms with E-state index in [1.807, 2.05) is 48.5 Å². The fourth-order valence-electron chi connectivity index (χ4n) is 3.94. The van der Waals surface area contributed by atoms with Gasteiger partial charge in [0.15, 0.2) is 5.16 Å². The molecule has 2 aliphatic heterocycles. The van der Waals surface area contributed by atoms with Crippen molar-refractivity contribution in [1.29, 1.82) is 0 Å². The Morgan fingerprint density at radius 1 is 0.882 bits per heavy atom. The SMILES string of the molecule is OCCN1CCN(c2nc(NC3=NCC(c4ccccc4)=C3)nc(Sc3ccccc3)n2)CC1. The van der Waals surface area contributed by atoms with Crippen molar-refractivity contribution in [2.45, 2.75) is 10.1 Å². The molecule has 0 unspecified atom stereocenters. The van der Waals surface area contributed by atoms with Crippen LogP contribution in [0.25, 0.3) is 5.57 Å². The number of piperazine rings is 1. The number of aromatic nitrogens is 3. The predicted octanol–water partition coefficient (Wildman–Crippen LogP) is 3.04. The number of anilines is 2. The Bertz CT molecular complexity index is 1160. The molecule has 2 N–H and O–H groups in total. The first-order chi connectivity index (χ1) is 16.8. The summed E-state index contributed by atoms with van der Waals surface area (Å²) >= 11 is 1.52. The van der Waals surface area contributed by atoms with Crippen LogP contribution >= 0.6 is 11.8 Å². The van der Waals surface area contributed by atoms with Crippen molar-refractivity contribution in [3.8, 4) is 0 Å². The Labute approximate surface area is 203 Å². The van der Waals surface area contributed by atoms with Gasteiger partial charge in [0.05, 0.1) is 13.2 Å². The molecule has 2 aliphatic rings. The van der Waals surface area contributed by atoms with E-state index in [0.29, 0.717) is 30.1 Å². The van der Waals surface area contributed by atoms with Crippen LogP contribution in [0.15, 0.2) is 81.8 Å². The van der Waals surface area contributed by atoms with E-state index >= 15 is 0 Å². The lowest BCUT2D eigenvalue weighted by Crippen LogP contribution is -2.47. The van der Waals surface area contributed by atoms with Gasteiger partial charge >= 0.3 is 0 Å². The van der Waals surface area contributed by atoms with Crippen LogP contribution in [0.4, 0.5) is 11.9 Å². The zero-order chi connectivity index (χ0) is 23.2. The second-order valence-corrected chi connectivity index (χ2v) is 9.11. The van der Waals surface area contributed by atoms with Crippen LogP contribution in [-0.4, -0.2) is 76.7 Å². The average Bonchev–Trinajstić information content (AvgIpc) is 3.34. The molecule has 5 rings (SSSR count). The minimum atomic E-state index is 0.179. The molecule has 9 heteroatoms. The molecule has 0 bridgehead atoms. The van der Waals surface area contributed by atoms with Gasteiger partial charge in [0.25, 0.3) is 0 Å². The van der Waals surface area contributed by atoms with E-state index in [1.54, 1.807) is 0 Å². The van der Waals surface area contributed by atoms with Crippen molar-refractivity contribution in [2.75, 3.05) is 56.1 Å². The number of hydrogen-bond donors (Lipinski definition) is 2. The summed E-state index contributed by atoms with van der Waals surface area (Å²) in [5.74, 6) is 1.90. The molecule has 3 aromatic rings. The van der Waals surface area contributed by atoms with E-state index in [2.05, 4.69) is 43.3 Å². The molecule has 0 amide bonds. The molecule has 8 nitrogen and oxygen atoms in total. The Morgan fingerprint density at radius 2 is 1.62 bits per heavy atom. The summed E-state index contributed by atoms with van der Waals surface area (Å²) in [5, 5.41) is 13.2. The highest BCUT2D eigenvalue weighted by Gasteiger charge is 2.21. The summed E-state index contributed by atoms with van der Waals surface area (Å²) in [7, 11) is 0. The summed E-state index contributed by atoms with van der Waals surface area (Å²) in [6.45, 7) is 4.85. The molecular weight excluding hydrogens is 446 g/mol. The van der Waals surface area contributed by atoms with Crippen LogP contribution in [0.3, 0.4) is 0 Å². The molecule has 1 fully saturated rings. The van der Waals surface area contributed by atoms with Crippen LogP contribution in [0.1, 0.15) is 5.56 Å². The largest absolute Gasteiger partial charge is 0.395 e. The molecular formula is C25H27N7OS. The van der Waals surface area contributed by atoms with Gasteiger partial charge in [-0.15, -0.1) is 0 Å². The average molecular weight is 474 g/mol. The number of benzene rings is 2. The highest BCUT2D eigenvalue weighted by molar-refractivity contribution is 7.99. The van der Waals surface area contributed by atoms with Crippen LogP contribution in [0.2, 0.25) is 0 Å². The lowest BCUT2D eigenvalue weighted by atomic mass is 10.1. The quantitative estimate of drug-likeness (QED) is 0.541. The lowest BCUT2D eigenvalue weighted by Gasteiger charge is -2.34. The van der Waals surface area contributed by atoms with Gasteiger partial charge in [-0.25, -0.2) is 0 Å².